The van der Waals surface area contributed by atoms with Crippen LogP contribution in [0, 0.1) is 0 Å². The SMILES string of the molecule is Cn1nccc1-c1nc2n(c1C(=O)O)CCCC2. The van der Waals surface area contributed by atoms with Gasteiger partial charge in [-0.05, 0) is 18.9 Å². The number of imidazole rings is 1. The summed E-state index contributed by atoms with van der Waals surface area (Å²) >= 11 is 0. The highest BCUT2D eigenvalue weighted by atomic mass is 16.4. The number of carboxylic acid groups (broad SMARTS) is 1. The van der Waals surface area contributed by atoms with Crippen LogP contribution in [0.4, 0.5) is 0 Å². The van der Waals surface area contributed by atoms with Crippen molar-refractivity contribution in [3.63, 3.8) is 0 Å². The number of hydrogen-bond acceptors (Lipinski definition) is 3. The maximum atomic E-state index is 11.5. The summed E-state index contributed by atoms with van der Waals surface area (Å²) in [7, 11) is 1.79. The van der Waals surface area contributed by atoms with E-state index in [1.165, 1.54) is 0 Å². The minimum absolute atomic E-state index is 0.285. The molecule has 0 radical (unpaired) electrons. The molecule has 0 amide bonds. The van der Waals surface area contributed by atoms with Gasteiger partial charge in [0.1, 0.15) is 11.5 Å². The molecular formula is C12H14N4O2. The predicted molar refractivity (Wildman–Crippen MR) is 64.3 cm³/mol. The zero-order chi connectivity index (χ0) is 12.7. The third kappa shape index (κ3) is 1.53. The van der Waals surface area contributed by atoms with E-state index in [9.17, 15) is 9.90 Å². The van der Waals surface area contributed by atoms with Crippen LogP contribution in [0.15, 0.2) is 12.3 Å². The number of nitrogens with zero attached hydrogens (tertiary/aromatic N) is 4. The van der Waals surface area contributed by atoms with Gasteiger partial charge in [-0.3, -0.25) is 4.68 Å². The molecule has 0 saturated carbocycles. The summed E-state index contributed by atoms with van der Waals surface area (Å²) in [6.45, 7) is 0.738. The molecular weight excluding hydrogens is 232 g/mol. The zero-order valence-corrected chi connectivity index (χ0v) is 10.1. The first kappa shape index (κ1) is 11.0. The fraction of sp³-hybridized carbons (Fsp3) is 0.417. The van der Waals surface area contributed by atoms with Gasteiger partial charge in [-0.1, -0.05) is 0 Å². The van der Waals surface area contributed by atoms with Crippen LogP contribution in [-0.4, -0.2) is 30.4 Å². The van der Waals surface area contributed by atoms with Crippen molar-refractivity contribution < 1.29 is 9.90 Å². The topological polar surface area (TPSA) is 72.9 Å². The van der Waals surface area contributed by atoms with Crippen LogP contribution in [0.5, 0.6) is 0 Å². The third-order valence-corrected chi connectivity index (χ3v) is 3.34. The second kappa shape index (κ2) is 3.97. The van der Waals surface area contributed by atoms with Crippen molar-refractivity contribution in [2.75, 3.05) is 0 Å². The maximum absolute atomic E-state index is 11.5. The van der Waals surface area contributed by atoms with Crippen LogP contribution in [0.2, 0.25) is 0 Å². The van der Waals surface area contributed by atoms with E-state index in [1.54, 1.807) is 24.0 Å². The first-order valence-corrected chi connectivity index (χ1v) is 5.99. The number of rotatable bonds is 2. The lowest BCUT2D eigenvalue weighted by Gasteiger charge is -2.14. The van der Waals surface area contributed by atoms with Crippen LogP contribution in [0.3, 0.4) is 0 Å². The summed E-state index contributed by atoms with van der Waals surface area (Å²) in [4.78, 5) is 16.0. The van der Waals surface area contributed by atoms with Gasteiger partial charge in [-0.15, -0.1) is 0 Å². The van der Waals surface area contributed by atoms with E-state index in [0.717, 1.165) is 37.3 Å². The van der Waals surface area contributed by atoms with Crippen molar-refractivity contribution in [3.05, 3.63) is 23.8 Å². The first-order valence-electron chi connectivity index (χ1n) is 5.99. The Morgan fingerprint density at radius 2 is 2.28 bits per heavy atom. The minimum Gasteiger partial charge on any atom is -0.477 e. The lowest BCUT2D eigenvalue weighted by molar-refractivity contribution is 0.0684. The molecule has 1 aliphatic rings. The number of aromatic carboxylic acids is 1. The van der Waals surface area contributed by atoms with Gasteiger partial charge in [-0.25, -0.2) is 9.78 Å². The van der Waals surface area contributed by atoms with E-state index in [0.29, 0.717) is 5.69 Å². The van der Waals surface area contributed by atoms with E-state index in [4.69, 9.17) is 0 Å². The molecule has 1 N–H and O–H groups in total. The van der Waals surface area contributed by atoms with Gasteiger partial charge >= 0.3 is 5.97 Å². The highest BCUT2D eigenvalue weighted by Crippen LogP contribution is 2.27. The molecule has 3 heterocycles. The molecule has 6 heteroatoms. The number of carboxylic acids is 1. The van der Waals surface area contributed by atoms with Crippen LogP contribution in [0.25, 0.3) is 11.4 Å². The van der Waals surface area contributed by atoms with Crippen molar-refractivity contribution in [2.45, 2.75) is 25.8 Å². The van der Waals surface area contributed by atoms with E-state index < -0.39 is 5.97 Å². The Morgan fingerprint density at radius 1 is 1.44 bits per heavy atom. The largest absolute Gasteiger partial charge is 0.477 e. The molecule has 0 bridgehead atoms. The van der Waals surface area contributed by atoms with E-state index in [1.807, 2.05) is 4.57 Å². The molecule has 0 unspecified atom stereocenters. The summed E-state index contributed by atoms with van der Waals surface area (Å²) in [6.07, 6.45) is 4.58. The van der Waals surface area contributed by atoms with Crippen LogP contribution >= 0.6 is 0 Å². The van der Waals surface area contributed by atoms with Gasteiger partial charge in [-0.2, -0.15) is 5.10 Å². The first-order chi connectivity index (χ1) is 8.68. The maximum Gasteiger partial charge on any atom is 0.354 e. The summed E-state index contributed by atoms with van der Waals surface area (Å²) < 4.78 is 3.48. The molecule has 1 aliphatic heterocycles. The number of fused-ring (bicyclic) bond motifs is 1. The lowest BCUT2D eigenvalue weighted by Crippen LogP contribution is -2.16. The highest BCUT2D eigenvalue weighted by Gasteiger charge is 2.26. The molecule has 0 aliphatic carbocycles. The average molecular weight is 246 g/mol. The Balaban J connectivity index is 2.23. The summed E-state index contributed by atoms with van der Waals surface area (Å²) in [5.41, 5.74) is 1.56. The molecule has 0 saturated heterocycles. The molecule has 3 rings (SSSR count). The highest BCUT2D eigenvalue weighted by molar-refractivity contribution is 5.93. The van der Waals surface area contributed by atoms with Crippen molar-refractivity contribution in [2.24, 2.45) is 7.05 Å². The van der Waals surface area contributed by atoms with Crippen LogP contribution in [-0.2, 0) is 20.0 Å². The molecule has 0 atom stereocenters. The van der Waals surface area contributed by atoms with Crippen LogP contribution < -0.4 is 0 Å². The average Bonchev–Trinajstić information content (AvgIpc) is 2.91. The predicted octanol–water partition coefficient (Wildman–Crippen LogP) is 1.32. The monoisotopic (exact) mass is 246 g/mol. The normalized spacial score (nSPS) is 14.5. The van der Waals surface area contributed by atoms with E-state index >= 15 is 0 Å². The second-order valence-corrected chi connectivity index (χ2v) is 4.48. The molecule has 6 nitrogen and oxygen atoms in total. The fourth-order valence-corrected chi connectivity index (χ4v) is 2.49. The summed E-state index contributed by atoms with van der Waals surface area (Å²) in [6, 6.07) is 1.79. The van der Waals surface area contributed by atoms with Gasteiger partial charge in [0, 0.05) is 26.2 Å². The second-order valence-electron chi connectivity index (χ2n) is 4.48. The summed E-state index contributed by atoms with van der Waals surface area (Å²) in [5, 5.41) is 13.5. The molecule has 0 fully saturated rings. The smallest absolute Gasteiger partial charge is 0.354 e. The quantitative estimate of drug-likeness (QED) is 0.867. The van der Waals surface area contributed by atoms with Crippen molar-refractivity contribution >= 4 is 5.97 Å². The number of carbonyl (C=O) groups is 1. The van der Waals surface area contributed by atoms with Crippen molar-refractivity contribution in [3.8, 4) is 11.4 Å². The molecule has 18 heavy (non-hydrogen) atoms. The van der Waals surface area contributed by atoms with Crippen molar-refractivity contribution in [1.82, 2.24) is 19.3 Å². The van der Waals surface area contributed by atoms with Gasteiger partial charge in [0.2, 0.25) is 0 Å². The van der Waals surface area contributed by atoms with Crippen LogP contribution in [0.1, 0.15) is 29.2 Å². The Labute approximate surface area is 104 Å². The standard InChI is InChI=1S/C12H14N4O2/c1-15-8(5-6-13-15)10-11(12(17)18)16-7-3-2-4-9(16)14-10/h5-6H,2-4,7H2,1H3,(H,17,18). The Kier molecular flexibility index (Phi) is 2.43. The third-order valence-electron chi connectivity index (χ3n) is 3.34. The summed E-state index contributed by atoms with van der Waals surface area (Å²) in [5.74, 6) is -0.0540. The Bertz CT molecular complexity index is 612. The molecule has 94 valence electrons. The van der Waals surface area contributed by atoms with Gasteiger partial charge in [0.05, 0.1) is 5.69 Å². The van der Waals surface area contributed by atoms with Crippen molar-refractivity contribution in [1.29, 1.82) is 0 Å². The van der Waals surface area contributed by atoms with E-state index in [-0.39, 0.29) is 5.69 Å². The minimum atomic E-state index is -0.924. The van der Waals surface area contributed by atoms with Gasteiger partial charge in [0.15, 0.2) is 5.69 Å². The van der Waals surface area contributed by atoms with Gasteiger partial charge < -0.3 is 9.67 Å². The van der Waals surface area contributed by atoms with E-state index in [2.05, 4.69) is 10.1 Å². The Morgan fingerprint density at radius 3 is 2.94 bits per heavy atom. The van der Waals surface area contributed by atoms with Gasteiger partial charge in [0.25, 0.3) is 0 Å². The number of aromatic nitrogens is 4. The number of hydrogen-bond donors (Lipinski definition) is 1. The fourth-order valence-electron chi connectivity index (χ4n) is 2.49. The zero-order valence-electron chi connectivity index (χ0n) is 10.1. The molecule has 0 spiro atoms. The lowest BCUT2D eigenvalue weighted by atomic mass is 10.1. The molecule has 2 aromatic rings. The molecule has 0 aromatic carbocycles. The number of aryl methyl sites for hydroxylation is 2. The molecule has 2 aromatic heterocycles. The Hall–Kier alpha value is -2.11.